The van der Waals surface area contributed by atoms with Gasteiger partial charge in [-0.1, -0.05) is 12.8 Å². The van der Waals surface area contributed by atoms with Gasteiger partial charge in [0.2, 0.25) is 5.91 Å². The number of aromatic nitrogens is 3. The molecule has 1 saturated carbocycles. The van der Waals surface area contributed by atoms with E-state index in [4.69, 9.17) is 0 Å². The van der Waals surface area contributed by atoms with Crippen molar-refractivity contribution in [1.29, 1.82) is 0 Å². The van der Waals surface area contributed by atoms with Gasteiger partial charge >= 0.3 is 0 Å². The van der Waals surface area contributed by atoms with Crippen LogP contribution in [0.25, 0.3) is 0 Å². The first-order valence-corrected chi connectivity index (χ1v) is 6.66. The Morgan fingerprint density at radius 1 is 1.50 bits per heavy atom. The highest BCUT2D eigenvalue weighted by atomic mass is 16.1. The molecule has 1 fully saturated rings. The molecule has 18 heavy (non-hydrogen) atoms. The van der Waals surface area contributed by atoms with Gasteiger partial charge in [0.05, 0.1) is 13.1 Å². The summed E-state index contributed by atoms with van der Waals surface area (Å²) >= 11 is 0. The molecule has 1 heterocycles. The molecule has 0 saturated heterocycles. The van der Waals surface area contributed by atoms with Gasteiger partial charge in [0.15, 0.2) is 5.82 Å². The average molecular weight is 251 g/mol. The molecule has 1 aromatic rings. The van der Waals surface area contributed by atoms with Gasteiger partial charge in [-0.3, -0.25) is 4.79 Å². The van der Waals surface area contributed by atoms with E-state index in [0.717, 1.165) is 12.4 Å². The lowest BCUT2D eigenvalue weighted by Crippen LogP contribution is -2.38. The van der Waals surface area contributed by atoms with Crippen molar-refractivity contribution >= 4 is 5.91 Å². The highest BCUT2D eigenvalue weighted by molar-refractivity contribution is 5.77. The fourth-order valence-corrected chi connectivity index (χ4v) is 2.29. The van der Waals surface area contributed by atoms with Crippen LogP contribution >= 0.6 is 0 Å². The van der Waals surface area contributed by atoms with E-state index in [1.54, 1.807) is 6.33 Å². The number of nitrogens with zero attached hydrogens (tertiary/aromatic N) is 3. The van der Waals surface area contributed by atoms with Gasteiger partial charge in [-0.15, -0.1) is 10.2 Å². The zero-order valence-corrected chi connectivity index (χ0v) is 10.9. The first-order chi connectivity index (χ1) is 8.79. The molecule has 0 spiro atoms. The van der Waals surface area contributed by atoms with Crippen molar-refractivity contribution < 1.29 is 4.79 Å². The Balaban J connectivity index is 1.68. The molecule has 0 atom stereocenters. The standard InChI is InChI=1S/C12H21N5O/c1-2-17-9-15-16-11(17)7-14-12(18)8-13-10-5-3-4-6-10/h9-10,13H,2-8H2,1H3,(H,14,18). The van der Waals surface area contributed by atoms with Crippen LogP contribution in [0.3, 0.4) is 0 Å². The van der Waals surface area contributed by atoms with Crippen LogP contribution < -0.4 is 10.6 Å². The van der Waals surface area contributed by atoms with Gasteiger partial charge in [-0.2, -0.15) is 0 Å². The summed E-state index contributed by atoms with van der Waals surface area (Å²) in [4.78, 5) is 11.7. The van der Waals surface area contributed by atoms with Gasteiger partial charge < -0.3 is 15.2 Å². The van der Waals surface area contributed by atoms with Crippen LogP contribution in [0.2, 0.25) is 0 Å². The molecule has 0 unspecified atom stereocenters. The normalized spacial score (nSPS) is 16.1. The van der Waals surface area contributed by atoms with Crippen molar-refractivity contribution in [2.24, 2.45) is 0 Å². The molecule has 1 aromatic heterocycles. The molecule has 2 rings (SSSR count). The van der Waals surface area contributed by atoms with Crippen molar-refractivity contribution in [3.8, 4) is 0 Å². The number of hydrogen-bond acceptors (Lipinski definition) is 4. The molecule has 1 amide bonds. The van der Waals surface area contributed by atoms with Gasteiger partial charge in [-0.05, 0) is 19.8 Å². The van der Waals surface area contributed by atoms with Crippen LogP contribution in [-0.4, -0.2) is 33.3 Å². The van der Waals surface area contributed by atoms with E-state index in [2.05, 4.69) is 20.8 Å². The van der Waals surface area contributed by atoms with Crippen LogP contribution in [0, 0.1) is 0 Å². The maximum absolute atomic E-state index is 11.7. The topological polar surface area (TPSA) is 71.8 Å². The zero-order valence-electron chi connectivity index (χ0n) is 10.9. The number of rotatable bonds is 6. The second-order valence-electron chi connectivity index (χ2n) is 4.67. The lowest BCUT2D eigenvalue weighted by molar-refractivity contribution is -0.120. The van der Waals surface area contributed by atoms with E-state index in [1.165, 1.54) is 25.7 Å². The summed E-state index contributed by atoms with van der Waals surface area (Å²) in [5.74, 6) is 0.819. The maximum Gasteiger partial charge on any atom is 0.234 e. The Hall–Kier alpha value is -1.43. The lowest BCUT2D eigenvalue weighted by atomic mass is 10.2. The highest BCUT2D eigenvalue weighted by Gasteiger charge is 2.15. The highest BCUT2D eigenvalue weighted by Crippen LogP contribution is 2.17. The third-order valence-electron chi connectivity index (χ3n) is 3.39. The van der Waals surface area contributed by atoms with Gasteiger partial charge in [-0.25, -0.2) is 0 Å². The van der Waals surface area contributed by atoms with E-state index in [-0.39, 0.29) is 5.91 Å². The Labute approximate surface area is 107 Å². The molecule has 6 nitrogen and oxygen atoms in total. The Morgan fingerprint density at radius 3 is 3.00 bits per heavy atom. The summed E-state index contributed by atoms with van der Waals surface area (Å²) < 4.78 is 1.92. The van der Waals surface area contributed by atoms with Crippen LogP contribution in [0.4, 0.5) is 0 Å². The molecule has 0 bridgehead atoms. The first kappa shape index (κ1) is 13.0. The van der Waals surface area contributed by atoms with Crippen LogP contribution in [0.5, 0.6) is 0 Å². The molecule has 0 aromatic carbocycles. The van der Waals surface area contributed by atoms with Crippen molar-refractivity contribution in [1.82, 2.24) is 25.4 Å². The minimum atomic E-state index is 0.0209. The smallest absolute Gasteiger partial charge is 0.234 e. The van der Waals surface area contributed by atoms with Crippen molar-refractivity contribution in [2.45, 2.75) is 51.7 Å². The van der Waals surface area contributed by atoms with Crippen molar-refractivity contribution in [2.75, 3.05) is 6.54 Å². The maximum atomic E-state index is 11.7. The summed E-state index contributed by atoms with van der Waals surface area (Å²) in [5.41, 5.74) is 0. The summed E-state index contributed by atoms with van der Waals surface area (Å²) in [7, 11) is 0. The Bertz CT molecular complexity index is 384. The molecule has 6 heteroatoms. The van der Waals surface area contributed by atoms with E-state index in [0.29, 0.717) is 19.1 Å². The van der Waals surface area contributed by atoms with E-state index < -0.39 is 0 Å². The van der Waals surface area contributed by atoms with Crippen molar-refractivity contribution in [3.05, 3.63) is 12.2 Å². The predicted molar refractivity (Wildman–Crippen MR) is 67.8 cm³/mol. The van der Waals surface area contributed by atoms with Gasteiger partial charge in [0.25, 0.3) is 0 Å². The third kappa shape index (κ3) is 3.53. The van der Waals surface area contributed by atoms with E-state index in [9.17, 15) is 4.79 Å². The van der Waals surface area contributed by atoms with Crippen molar-refractivity contribution in [3.63, 3.8) is 0 Å². The quantitative estimate of drug-likeness (QED) is 0.770. The largest absolute Gasteiger partial charge is 0.348 e. The van der Waals surface area contributed by atoms with Gasteiger partial charge in [0, 0.05) is 12.6 Å². The number of carbonyl (C=O) groups excluding carboxylic acids is 1. The van der Waals surface area contributed by atoms with Crippen LogP contribution in [0.1, 0.15) is 38.4 Å². The third-order valence-corrected chi connectivity index (χ3v) is 3.39. The first-order valence-electron chi connectivity index (χ1n) is 6.66. The fraction of sp³-hybridized carbons (Fsp3) is 0.750. The summed E-state index contributed by atoms with van der Waals surface area (Å²) in [6.07, 6.45) is 6.62. The second kappa shape index (κ2) is 6.49. The number of amides is 1. The summed E-state index contributed by atoms with van der Waals surface area (Å²) in [6.45, 7) is 3.68. The molecular formula is C12H21N5O. The summed E-state index contributed by atoms with van der Waals surface area (Å²) in [5, 5.41) is 13.9. The molecule has 100 valence electrons. The summed E-state index contributed by atoms with van der Waals surface area (Å²) in [6, 6.07) is 0.523. The molecule has 1 aliphatic carbocycles. The SMILES string of the molecule is CCn1cnnc1CNC(=O)CNC1CCCC1. The fourth-order valence-electron chi connectivity index (χ4n) is 2.29. The minimum absolute atomic E-state index is 0.0209. The number of hydrogen-bond donors (Lipinski definition) is 2. The number of aryl methyl sites for hydroxylation is 1. The average Bonchev–Trinajstić information content (AvgIpc) is 3.04. The Morgan fingerprint density at radius 2 is 2.28 bits per heavy atom. The molecule has 0 radical (unpaired) electrons. The monoisotopic (exact) mass is 251 g/mol. The zero-order chi connectivity index (χ0) is 12.8. The molecule has 0 aliphatic heterocycles. The number of carbonyl (C=O) groups is 1. The minimum Gasteiger partial charge on any atom is -0.348 e. The number of nitrogens with one attached hydrogen (secondary N) is 2. The molecule has 2 N–H and O–H groups in total. The predicted octanol–water partition coefficient (Wildman–Crippen LogP) is 0.446. The second-order valence-corrected chi connectivity index (χ2v) is 4.67. The van der Waals surface area contributed by atoms with E-state index >= 15 is 0 Å². The Kier molecular flexibility index (Phi) is 4.69. The van der Waals surface area contributed by atoms with Crippen LogP contribution in [0.15, 0.2) is 6.33 Å². The molecular weight excluding hydrogens is 230 g/mol. The van der Waals surface area contributed by atoms with E-state index in [1.807, 2.05) is 11.5 Å². The lowest BCUT2D eigenvalue weighted by Gasteiger charge is -2.11. The molecule has 1 aliphatic rings. The van der Waals surface area contributed by atoms with Crippen LogP contribution in [-0.2, 0) is 17.9 Å². The van der Waals surface area contributed by atoms with Gasteiger partial charge in [0.1, 0.15) is 6.33 Å².